The largest absolute Gasteiger partial charge is 0.467 e. The van der Waals surface area contributed by atoms with Gasteiger partial charge in [-0.05, 0) is 30.0 Å². The van der Waals surface area contributed by atoms with Crippen molar-refractivity contribution in [3.05, 3.63) is 60.2 Å². The molecule has 1 aliphatic rings. The SMILES string of the molecule is COC(=O)C1CCC(=O)N1C(C)c1ccc(-c2ccccc2)cc1. The summed E-state index contributed by atoms with van der Waals surface area (Å²) in [6.45, 7) is 1.96. The van der Waals surface area contributed by atoms with E-state index in [0.29, 0.717) is 12.8 Å². The van der Waals surface area contributed by atoms with E-state index >= 15 is 0 Å². The van der Waals surface area contributed by atoms with Gasteiger partial charge >= 0.3 is 5.97 Å². The highest BCUT2D eigenvalue weighted by molar-refractivity contribution is 5.88. The van der Waals surface area contributed by atoms with Gasteiger partial charge in [0.15, 0.2) is 0 Å². The molecule has 124 valence electrons. The molecule has 0 saturated carbocycles. The Morgan fingerprint density at radius 3 is 2.33 bits per heavy atom. The number of likely N-dealkylation sites (tertiary alicyclic amines) is 1. The predicted octanol–water partition coefficient (Wildman–Crippen LogP) is 3.58. The summed E-state index contributed by atoms with van der Waals surface area (Å²) in [6, 6.07) is 17.6. The Morgan fingerprint density at radius 1 is 1.08 bits per heavy atom. The second-order valence-electron chi connectivity index (χ2n) is 6.04. The molecule has 3 rings (SSSR count). The normalized spacial score (nSPS) is 18.5. The summed E-state index contributed by atoms with van der Waals surface area (Å²) >= 11 is 0. The minimum absolute atomic E-state index is 0.00466. The van der Waals surface area contributed by atoms with Crippen molar-refractivity contribution >= 4 is 11.9 Å². The van der Waals surface area contributed by atoms with Crippen LogP contribution in [0.25, 0.3) is 11.1 Å². The number of amides is 1. The molecule has 1 heterocycles. The van der Waals surface area contributed by atoms with E-state index in [4.69, 9.17) is 4.74 Å². The zero-order valence-corrected chi connectivity index (χ0v) is 13.9. The Morgan fingerprint density at radius 2 is 1.71 bits per heavy atom. The third-order valence-corrected chi connectivity index (χ3v) is 4.65. The van der Waals surface area contributed by atoms with Gasteiger partial charge < -0.3 is 9.64 Å². The highest BCUT2D eigenvalue weighted by Gasteiger charge is 2.39. The summed E-state index contributed by atoms with van der Waals surface area (Å²) < 4.78 is 4.84. The molecule has 4 heteroatoms. The highest BCUT2D eigenvalue weighted by Crippen LogP contribution is 2.31. The first-order valence-corrected chi connectivity index (χ1v) is 8.16. The first kappa shape index (κ1) is 16.2. The highest BCUT2D eigenvalue weighted by atomic mass is 16.5. The van der Waals surface area contributed by atoms with Gasteiger partial charge in [0.25, 0.3) is 0 Å². The molecule has 0 radical (unpaired) electrons. The summed E-state index contributed by atoms with van der Waals surface area (Å²) in [5.74, 6) is -0.335. The third kappa shape index (κ3) is 3.04. The van der Waals surface area contributed by atoms with E-state index in [1.807, 2.05) is 37.3 Å². The maximum absolute atomic E-state index is 12.2. The molecular formula is C20H21NO3. The van der Waals surface area contributed by atoms with E-state index in [1.54, 1.807) is 4.90 Å². The zero-order valence-electron chi connectivity index (χ0n) is 13.9. The van der Waals surface area contributed by atoms with Crippen LogP contribution in [0.5, 0.6) is 0 Å². The van der Waals surface area contributed by atoms with Gasteiger partial charge in [0, 0.05) is 6.42 Å². The molecule has 2 aromatic rings. The number of rotatable bonds is 4. The monoisotopic (exact) mass is 323 g/mol. The molecule has 0 bridgehead atoms. The van der Waals surface area contributed by atoms with Crippen LogP contribution in [-0.2, 0) is 14.3 Å². The Labute approximate surface area is 142 Å². The van der Waals surface area contributed by atoms with Gasteiger partial charge in [0.2, 0.25) is 5.91 Å². The molecule has 1 saturated heterocycles. The van der Waals surface area contributed by atoms with E-state index in [0.717, 1.165) is 16.7 Å². The first-order chi connectivity index (χ1) is 11.6. The lowest BCUT2D eigenvalue weighted by Gasteiger charge is -2.29. The third-order valence-electron chi connectivity index (χ3n) is 4.65. The van der Waals surface area contributed by atoms with Crippen molar-refractivity contribution in [2.75, 3.05) is 7.11 Å². The van der Waals surface area contributed by atoms with Crippen molar-refractivity contribution in [1.29, 1.82) is 0 Å². The van der Waals surface area contributed by atoms with E-state index in [1.165, 1.54) is 7.11 Å². The second-order valence-corrected chi connectivity index (χ2v) is 6.04. The summed E-state index contributed by atoms with van der Waals surface area (Å²) in [6.07, 6.45) is 0.921. The maximum atomic E-state index is 12.2. The van der Waals surface area contributed by atoms with E-state index in [9.17, 15) is 9.59 Å². The molecule has 0 spiro atoms. The number of esters is 1. The summed E-state index contributed by atoms with van der Waals surface area (Å²) in [4.78, 5) is 25.8. The Balaban J connectivity index is 1.83. The average Bonchev–Trinajstić information content (AvgIpc) is 3.03. The fraction of sp³-hybridized carbons (Fsp3) is 0.300. The van der Waals surface area contributed by atoms with Crippen LogP contribution in [0.15, 0.2) is 54.6 Å². The molecule has 0 N–H and O–H groups in total. The number of nitrogens with zero attached hydrogens (tertiary/aromatic N) is 1. The van der Waals surface area contributed by atoms with Crippen LogP contribution in [-0.4, -0.2) is 29.9 Å². The Hall–Kier alpha value is -2.62. The number of carbonyl (C=O) groups is 2. The number of ether oxygens (including phenoxy) is 1. The molecule has 4 nitrogen and oxygen atoms in total. The molecule has 0 aliphatic carbocycles. The Bertz CT molecular complexity index is 724. The zero-order chi connectivity index (χ0) is 17.1. The molecule has 2 unspecified atom stereocenters. The van der Waals surface area contributed by atoms with Gasteiger partial charge in [-0.25, -0.2) is 4.79 Å². The standard InChI is InChI=1S/C20H21NO3/c1-14(21-18(20(23)24-2)12-13-19(21)22)15-8-10-17(11-9-15)16-6-4-3-5-7-16/h3-11,14,18H,12-13H2,1-2H3. The lowest BCUT2D eigenvalue weighted by Crippen LogP contribution is -2.40. The number of methoxy groups -OCH3 is 1. The van der Waals surface area contributed by atoms with E-state index in [-0.39, 0.29) is 17.9 Å². The van der Waals surface area contributed by atoms with Gasteiger partial charge in [-0.1, -0.05) is 54.6 Å². The fourth-order valence-electron chi connectivity index (χ4n) is 3.30. The van der Waals surface area contributed by atoms with Crippen LogP contribution in [0.4, 0.5) is 0 Å². The lowest BCUT2D eigenvalue weighted by atomic mass is 10.0. The van der Waals surface area contributed by atoms with Crippen molar-refractivity contribution in [3.8, 4) is 11.1 Å². The van der Waals surface area contributed by atoms with Gasteiger partial charge in [-0.3, -0.25) is 4.79 Å². The van der Waals surface area contributed by atoms with E-state index in [2.05, 4.69) is 24.3 Å². The predicted molar refractivity (Wildman–Crippen MR) is 92.2 cm³/mol. The smallest absolute Gasteiger partial charge is 0.328 e. The average molecular weight is 323 g/mol. The number of carbonyl (C=O) groups excluding carboxylic acids is 2. The number of hydrogen-bond acceptors (Lipinski definition) is 3. The van der Waals surface area contributed by atoms with Gasteiger partial charge in [-0.15, -0.1) is 0 Å². The maximum Gasteiger partial charge on any atom is 0.328 e. The molecule has 1 fully saturated rings. The van der Waals surface area contributed by atoms with Gasteiger partial charge in [-0.2, -0.15) is 0 Å². The van der Waals surface area contributed by atoms with Crippen molar-refractivity contribution < 1.29 is 14.3 Å². The lowest BCUT2D eigenvalue weighted by molar-refractivity contribution is -0.150. The van der Waals surface area contributed by atoms with E-state index < -0.39 is 6.04 Å². The Kier molecular flexibility index (Phi) is 4.65. The van der Waals surface area contributed by atoms with Crippen LogP contribution in [0.1, 0.15) is 31.4 Å². The quantitative estimate of drug-likeness (QED) is 0.808. The molecule has 2 aromatic carbocycles. The van der Waals surface area contributed by atoms with Gasteiger partial charge in [0.05, 0.1) is 13.2 Å². The molecule has 2 atom stereocenters. The van der Waals surface area contributed by atoms with Gasteiger partial charge in [0.1, 0.15) is 6.04 Å². The summed E-state index contributed by atoms with van der Waals surface area (Å²) in [7, 11) is 1.36. The van der Waals surface area contributed by atoms with Crippen molar-refractivity contribution in [3.63, 3.8) is 0 Å². The second kappa shape index (κ2) is 6.87. The minimum Gasteiger partial charge on any atom is -0.467 e. The molecule has 1 aliphatic heterocycles. The number of hydrogen-bond donors (Lipinski definition) is 0. The van der Waals surface area contributed by atoms with Crippen molar-refractivity contribution in [2.24, 2.45) is 0 Å². The fourth-order valence-corrected chi connectivity index (χ4v) is 3.30. The first-order valence-electron chi connectivity index (χ1n) is 8.16. The van der Waals surface area contributed by atoms with Crippen LogP contribution in [0.3, 0.4) is 0 Å². The topological polar surface area (TPSA) is 46.6 Å². The van der Waals surface area contributed by atoms with Crippen molar-refractivity contribution in [1.82, 2.24) is 4.90 Å². The van der Waals surface area contributed by atoms with Crippen molar-refractivity contribution in [2.45, 2.75) is 31.8 Å². The van der Waals surface area contributed by atoms with Crippen LogP contribution >= 0.6 is 0 Å². The molecule has 24 heavy (non-hydrogen) atoms. The summed E-state index contributed by atoms with van der Waals surface area (Å²) in [5.41, 5.74) is 3.30. The molecular weight excluding hydrogens is 302 g/mol. The number of benzene rings is 2. The van der Waals surface area contributed by atoms with Crippen LogP contribution in [0.2, 0.25) is 0 Å². The van der Waals surface area contributed by atoms with Crippen LogP contribution in [0, 0.1) is 0 Å². The van der Waals surface area contributed by atoms with Crippen LogP contribution < -0.4 is 0 Å². The summed E-state index contributed by atoms with van der Waals surface area (Å²) in [5, 5.41) is 0. The minimum atomic E-state index is -0.480. The molecule has 0 aromatic heterocycles. The molecule has 1 amide bonds.